The van der Waals surface area contributed by atoms with Gasteiger partial charge in [-0.25, -0.2) is 0 Å². The maximum absolute atomic E-state index is 10.7. The summed E-state index contributed by atoms with van der Waals surface area (Å²) in [6.07, 6.45) is 2.52. The summed E-state index contributed by atoms with van der Waals surface area (Å²) in [4.78, 5) is 10.7. The highest BCUT2D eigenvalue weighted by molar-refractivity contribution is 9.09. The van der Waals surface area contributed by atoms with Gasteiger partial charge in [0.15, 0.2) is 0 Å². The number of hydrogen-bond donors (Lipinski definition) is 1. The van der Waals surface area contributed by atoms with Gasteiger partial charge in [0.2, 0.25) is 5.91 Å². The van der Waals surface area contributed by atoms with Gasteiger partial charge in [-0.05, 0) is 18.3 Å². The monoisotopic (exact) mass is 205 g/mol. The Morgan fingerprint density at radius 2 is 2.30 bits per heavy atom. The van der Waals surface area contributed by atoms with Crippen molar-refractivity contribution in [1.29, 1.82) is 0 Å². The molecule has 58 valence electrons. The maximum Gasteiger partial charge on any atom is 0.230 e. The van der Waals surface area contributed by atoms with Gasteiger partial charge in [-0.2, -0.15) is 0 Å². The quantitative estimate of drug-likeness (QED) is 0.692. The molecule has 0 saturated heterocycles. The van der Waals surface area contributed by atoms with Gasteiger partial charge < -0.3 is 5.32 Å². The fraction of sp³-hybridized carbons (Fsp3) is 0.857. The molecule has 0 radical (unpaired) electrons. The van der Waals surface area contributed by atoms with Gasteiger partial charge in [0.1, 0.15) is 0 Å². The summed E-state index contributed by atoms with van der Waals surface area (Å²) < 4.78 is 0. The average molecular weight is 206 g/mol. The molecule has 0 aromatic heterocycles. The minimum Gasteiger partial charge on any atom is -0.355 e. The van der Waals surface area contributed by atoms with Crippen LogP contribution in [-0.4, -0.2) is 17.8 Å². The number of alkyl halides is 1. The third-order valence-electron chi connectivity index (χ3n) is 1.94. The van der Waals surface area contributed by atoms with Crippen molar-refractivity contribution in [2.75, 3.05) is 11.9 Å². The van der Waals surface area contributed by atoms with Crippen LogP contribution in [0.4, 0.5) is 0 Å². The lowest BCUT2D eigenvalue weighted by atomic mass is 10.1. The van der Waals surface area contributed by atoms with Crippen LogP contribution in [0, 0.1) is 5.41 Å². The van der Waals surface area contributed by atoms with Crippen LogP contribution in [0.15, 0.2) is 0 Å². The largest absolute Gasteiger partial charge is 0.355 e. The first kappa shape index (κ1) is 8.05. The molecule has 1 rings (SSSR count). The first-order valence-electron chi connectivity index (χ1n) is 3.49. The van der Waals surface area contributed by atoms with Gasteiger partial charge in [0, 0.05) is 6.54 Å². The number of amides is 1. The lowest BCUT2D eigenvalue weighted by Crippen LogP contribution is -2.29. The highest BCUT2D eigenvalue weighted by atomic mass is 79.9. The van der Waals surface area contributed by atoms with Crippen LogP contribution in [0.3, 0.4) is 0 Å². The van der Waals surface area contributed by atoms with Gasteiger partial charge in [-0.1, -0.05) is 22.9 Å². The van der Waals surface area contributed by atoms with E-state index >= 15 is 0 Å². The molecule has 0 aromatic rings. The fourth-order valence-electron chi connectivity index (χ4n) is 0.749. The second-order valence-electron chi connectivity index (χ2n) is 3.22. The van der Waals surface area contributed by atoms with Crippen LogP contribution in [0.25, 0.3) is 0 Å². The molecule has 0 aliphatic heterocycles. The molecule has 1 fully saturated rings. The first-order valence-corrected chi connectivity index (χ1v) is 4.61. The van der Waals surface area contributed by atoms with E-state index in [-0.39, 0.29) is 5.91 Å². The SMILES string of the molecule is CC1(CNC(=O)CBr)CC1. The second kappa shape index (κ2) is 2.91. The lowest BCUT2D eigenvalue weighted by molar-refractivity contribution is -0.118. The predicted molar refractivity (Wildman–Crippen MR) is 44.1 cm³/mol. The molecule has 0 unspecified atom stereocenters. The van der Waals surface area contributed by atoms with E-state index in [4.69, 9.17) is 0 Å². The summed E-state index contributed by atoms with van der Waals surface area (Å²) >= 11 is 3.09. The summed E-state index contributed by atoms with van der Waals surface area (Å²) in [6.45, 7) is 3.04. The molecular formula is C7H12BrNO. The summed E-state index contributed by atoms with van der Waals surface area (Å²) in [6, 6.07) is 0. The highest BCUT2D eigenvalue weighted by Crippen LogP contribution is 2.43. The zero-order valence-corrected chi connectivity index (χ0v) is 7.70. The predicted octanol–water partition coefficient (Wildman–Crippen LogP) is 1.30. The Morgan fingerprint density at radius 3 is 2.70 bits per heavy atom. The Balaban J connectivity index is 2.10. The smallest absolute Gasteiger partial charge is 0.230 e. The molecule has 0 spiro atoms. The topological polar surface area (TPSA) is 29.1 Å². The van der Waals surface area contributed by atoms with Crippen molar-refractivity contribution in [3.63, 3.8) is 0 Å². The summed E-state index contributed by atoms with van der Waals surface area (Å²) in [5.41, 5.74) is 0.428. The number of halogens is 1. The minimum atomic E-state index is 0.0909. The van der Waals surface area contributed by atoms with E-state index in [2.05, 4.69) is 28.2 Å². The second-order valence-corrected chi connectivity index (χ2v) is 3.78. The van der Waals surface area contributed by atoms with Crippen molar-refractivity contribution in [2.45, 2.75) is 19.8 Å². The van der Waals surface area contributed by atoms with Crippen LogP contribution in [-0.2, 0) is 4.79 Å². The van der Waals surface area contributed by atoms with E-state index in [1.54, 1.807) is 0 Å². The maximum atomic E-state index is 10.7. The molecule has 0 bridgehead atoms. The van der Waals surface area contributed by atoms with Crippen molar-refractivity contribution >= 4 is 21.8 Å². The third-order valence-corrected chi connectivity index (χ3v) is 2.45. The van der Waals surface area contributed by atoms with E-state index in [1.165, 1.54) is 12.8 Å². The highest BCUT2D eigenvalue weighted by Gasteiger charge is 2.36. The molecule has 0 atom stereocenters. The molecule has 3 heteroatoms. The molecule has 1 amide bonds. The molecule has 1 N–H and O–H groups in total. The minimum absolute atomic E-state index is 0.0909. The molecule has 0 heterocycles. The van der Waals surface area contributed by atoms with Gasteiger partial charge in [-0.15, -0.1) is 0 Å². The Labute approximate surface area is 69.5 Å². The number of nitrogens with one attached hydrogen (secondary N) is 1. The van der Waals surface area contributed by atoms with Crippen LogP contribution in [0.5, 0.6) is 0 Å². The van der Waals surface area contributed by atoms with Crippen LogP contribution < -0.4 is 5.32 Å². The van der Waals surface area contributed by atoms with Crippen LogP contribution in [0.2, 0.25) is 0 Å². The van der Waals surface area contributed by atoms with Gasteiger partial charge in [0.25, 0.3) is 0 Å². The number of rotatable bonds is 3. The van der Waals surface area contributed by atoms with E-state index in [0.717, 1.165) is 6.54 Å². The third kappa shape index (κ3) is 2.29. The normalized spacial score (nSPS) is 20.2. The summed E-state index contributed by atoms with van der Waals surface area (Å²) in [7, 11) is 0. The lowest BCUT2D eigenvalue weighted by Gasteiger charge is -2.07. The standard InChI is InChI=1S/C7H12BrNO/c1-7(2-3-7)5-9-6(10)4-8/h2-5H2,1H3,(H,9,10). The number of carbonyl (C=O) groups excluding carboxylic acids is 1. The molecule has 1 aliphatic carbocycles. The van der Waals surface area contributed by atoms with E-state index < -0.39 is 0 Å². The molecule has 1 saturated carbocycles. The molecule has 0 aromatic carbocycles. The molecule has 10 heavy (non-hydrogen) atoms. The zero-order valence-electron chi connectivity index (χ0n) is 6.11. The van der Waals surface area contributed by atoms with Crippen molar-refractivity contribution in [3.05, 3.63) is 0 Å². The number of hydrogen-bond acceptors (Lipinski definition) is 1. The van der Waals surface area contributed by atoms with E-state index in [9.17, 15) is 4.79 Å². The average Bonchev–Trinajstić information content (AvgIpc) is 2.64. The van der Waals surface area contributed by atoms with E-state index in [0.29, 0.717) is 10.7 Å². The van der Waals surface area contributed by atoms with E-state index in [1.807, 2.05) is 0 Å². The van der Waals surface area contributed by atoms with Crippen molar-refractivity contribution in [3.8, 4) is 0 Å². The Hall–Kier alpha value is -0.0500. The molecular weight excluding hydrogens is 194 g/mol. The first-order chi connectivity index (χ1) is 4.66. The van der Waals surface area contributed by atoms with Gasteiger partial charge >= 0.3 is 0 Å². The van der Waals surface area contributed by atoms with Crippen molar-refractivity contribution in [2.24, 2.45) is 5.41 Å². The van der Waals surface area contributed by atoms with Crippen LogP contribution >= 0.6 is 15.9 Å². The van der Waals surface area contributed by atoms with Gasteiger partial charge in [0.05, 0.1) is 5.33 Å². The van der Waals surface area contributed by atoms with Crippen molar-refractivity contribution in [1.82, 2.24) is 5.32 Å². The fourth-order valence-corrected chi connectivity index (χ4v) is 0.948. The van der Waals surface area contributed by atoms with Crippen LogP contribution in [0.1, 0.15) is 19.8 Å². The Morgan fingerprint density at radius 1 is 1.70 bits per heavy atom. The molecule has 1 aliphatic rings. The Kier molecular flexibility index (Phi) is 2.34. The molecule has 2 nitrogen and oxygen atoms in total. The van der Waals surface area contributed by atoms with Crippen molar-refractivity contribution < 1.29 is 4.79 Å². The number of carbonyl (C=O) groups is 1. The summed E-state index contributed by atoms with van der Waals surface area (Å²) in [5, 5.41) is 3.27. The van der Waals surface area contributed by atoms with Gasteiger partial charge in [-0.3, -0.25) is 4.79 Å². The summed E-state index contributed by atoms with van der Waals surface area (Å²) in [5.74, 6) is 0.0909. The zero-order chi connectivity index (χ0) is 7.61. The Bertz CT molecular complexity index is 143.